The predicted octanol–water partition coefficient (Wildman–Crippen LogP) is 2.18. The van der Waals surface area contributed by atoms with Crippen LogP contribution in [0.2, 0.25) is 0 Å². The van der Waals surface area contributed by atoms with Gasteiger partial charge in [-0.2, -0.15) is 0 Å². The molecule has 0 bridgehead atoms. The van der Waals surface area contributed by atoms with Gasteiger partial charge in [-0.3, -0.25) is 15.1 Å². The SMILES string of the molecule is CCS(=O)(=O)c1ccc(C(=O)Nc2nnc(-c3cccnc3)o2)cc1. The Morgan fingerprint density at radius 3 is 2.56 bits per heavy atom. The van der Waals surface area contributed by atoms with Crippen molar-refractivity contribution in [2.24, 2.45) is 0 Å². The van der Waals surface area contributed by atoms with Gasteiger partial charge in [-0.25, -0.2) is 8.42 Å². The number of benzene rings is 1. The number of nitrogens with one attached hydrogen (secondary N) is 1. The number of rotatable bonds is 5. The van der Waals surface area contributed by atoms with E-state index >= 15 is 0 Å². The Balaban J connectivity index is 1.74. The summed E-state index contributed by atoms with van der Waals surface area (Å²) >= 11 is 0. The van der Waals surface area contributed by atoms with Crippen LogP contribution in [-0.2, 0) is 9.84 Å². The van der Waals surface area contributed by atoms with Gasteiger partial charge in [0.05, 0.1) is 16.2 Å². The molecule has 0 atom stereocenters. The van der Waals surface area contributed by atoms with Crippen molar-refractivity contribution in [1.82, 2.24) is 15.2 Å². The third-order valence-electron chi connectivity index (χ3n) is 3.41. The highest BCUT2D eigenvalue weighted by molar-refractivity contribution is 7.91. The number of pyridine rings is 1. The number of sulfone groups is 1. The molecule has 0 unspecified atom stereocenters. The Kier molecular flexibility index (Phi) is 4.57. The van der Waals surface area contributed by atoms with Gasteiger partial charge in [0.1, 0.15) is 0 Å². The maximum Gasteiger partial charge on any atom is 0.322 e. The fraction of sp³-hybridized carbons (Fsp3) is 0.125. The normalized spacial score (nSPS) is 11.2. The zero-order valence-corrected chi connectivity index (χ0v) is 14.0. The highest BCUT2D eigenvalue weighted by Gasteiger charge is 2.15. The van der Waals surface area contributed by atoms with Crippen LogP contribution in [0.3, 0.4) is 0 Å². The van der Waals surface area contributed by atoms with E-state index in [0.29, 0.717) is 5.56 Å². The lowest BCUT2D eigenvalue weighted by Crippen LogP contribution is -2.12. The molecule has 3 rings (SSSR count). The number of hydrogen-bond donors (Lipinski definition) is 1. The number of aromatic nitrogens is 3. The Morgan fingerprint density at radius 2 is 1.92 bits per heavy atom. The first-order chi connectivity index (χ1) is 12.0. The second-order valence-electron chi connectivity index (χ2n) is 5.04. The minimum atomic E-state index is -3.31. The monoisotopic (exact) mass is 358 g/mol. The fourth-order valence-corrected chi connectivity index (χ4v) is 2.91. The average molecular weight is 358 g/mol. The van der Waals surface area contributed by atoms with Crippen LogP contribution in [0.25, 0.3) is 11.5 Å². The lowest BCUT2D eigenvalue weighted by molar-refractivity contribution is 0.102. The molecule has 1 N–H and O–H groups in total. The van der Waals surface area contributed by atoms with Crippen molar-refractivity contribution in [3.05, 3.63) is 54.4 Å². The van der Waals surface area contributed by atoms with Crippen LogP contribution in [0.4, 0.5) is 6.01 Å². The van der Waals surface area contributed by atoms with Crippen LogP contribution in [0, 0.1) is 0 Å². The molecule has 0 fully saturated rings. The van der Waals surface area contributed by atoms with Crippen LogP contribution < -0.4 is 5.32 Å². The first kappa shape index (κ1) is 16.8. The largest absolute Gasteiger partial charge is 0.403 e. The van der Waals surface area contributed by atoms with E-state index in [1.807, 2.05) is 0 Å². The van der Waals surface area contributed by atoms with Crippen molar-refractivity contribution in [2.45, 2.75) is 11.8 Å². The predicted molar refractivity (Wildman–Crippen MR) is 89.7 cm³/mol. The number of amides is 1. The maximum atomic E-state index is 12.2. The van der Waals surface area contributed by atoms with Gasteiger partial charge >= 0.3 is 6.01 Å². The Hall–Kier alpha value is -3.07. The summed E-state index contributed by atoms with van der Waals surface area (Å²) in [6, 6.07) is 9.05. The second-order valence-corrected chi connectivity index (χ2v) is 7.31. The van der Waals surface area contributed by atoms with Gasteiger partial charge in [0.2, 0.25) is 0 Å². The summed E-state index contributed by atoms with van der Waals surface area (Å²) in [5.74, 6) is -0.257. The summed E-state index contributed by atoms with van der Waals surface area (Å²) in [6.07, 6.45) is 3.18. The first-order valence-corrected chi connectivity index (χ1v) is 9.03. The molecular formula is C16H14N4O4S. The van der Waals surface area contributed by atoms with Gasteiger partial charge in [0.25, 0.3) is 11.8 Å². The van der Waals surface area contributed by atoms with Crippen LogP contribution in [0.5, 0.6) is 0 Å². The molecule has 0 saturated heterocycles. The summed E-state index contributed by atoms with van der Waals surface area (Å²) in [6.45, 7) is 1.56. The van der Waals surface area contributed by atoms with Gasteiger partial charge in [-0.1, -0.05) is 12.0 Å². The number of carbonyl (C=O) groups excluding carboxylic acids is 1. The standard InChI is InChI=1S/C16H14N4O4S/c1-2-25(22,23)13-7-5-11(6-8-13)14(21)18-16-20-19-15(24-16)12-4-3-9-17-10-12/h3-10H,2H2,1H3,(H,18,20,21). The third-order valence-corrected chi connectivity index (χ3v) is 5.16. The van der Waals surface area contributed by atoms with Crippen molar-refractivity contribution >= 4 is 21.8 Å². The molecule has 0 aliphatic rings. The zero-order chi connectivity index (χ0) is 17.9. The molecule has 1 aromatic carbocycles. The van der Waals surface area contributed by atoms with E-state index in [2.05, 4.69) is 20.5 Å². The second kappa shape index (κ2) is 6.81. The molecule has 1 amide bonds. The summed E-state index contributed by atoms with van der Waals surface area (Å²) < 4.78 is 28.9. The maximum absolute atomic E-state index is 12.2. The van der Waals surface area contributed by atoms with E-state index in [0.717, 1.165) is 0 Å². The highest BCUT2D eigenvalue weighted by Crippen LogP contribution is 2.19. The lowest BCUT2D eigenvalue weighted by atomic mass is 10.2. The molecule has 0 radical (unpaired) electrons. The zero-order valence-electron chi connectivity index (χ0n) is 13.2. The number of carbonyl (C=O) groups is 1. The van der Waals surface area contributed by atoms with Crippen molar-refractivity contribution in [3.8, 4) is 11.5 Å². The molecule has 2 aromatic heterocycles. The smallest absolute Gasteiger partial charge is 0.322 e. The average Bonchev–Trinajstić information content (AvgIpc) is 3.11. The van der Waals surface area contributed by atoms with Gasteiger partial charge in [-0.15, -0.1) is 5.10 Å². The molecule has 0 aliphatic heterocycles. The van der Waals surface area contributed by atoms with Crippen molar-refractivity contribution in [3.63, 3.8) is 0 Å². The molecule has 2 heterocycles. The van der Waals surface area contributed by atoms with E-state index < -0.39 is 15.7 Å². The van der Waals surface area contributed by atoms with Crippen molar-refractivity contribution in [2.75, 3.05) is 11.1 Å². The van der Waals surface area contributed by atoms with E-state index in [4.69, 9.17) is 4.42 Å². The number of hydrogen-bond acceptors (Lipinski definition) is 7. The summed E-state index contributed by atoms with van der Waals surface area (Å²) in [4.78, 5) is 16.3. The van der Waals surface area contributed by atoms with E-state index in [1.54, 1.807) is 31.5 Å². The van der Waals surface area contributed by atoms with E-state index in [9.17, 15) is 13.2 Å². The molecule has 25 heavy (non-hydrogen) atoms. The minimum Gasteiger partial charge on any atom is -0.403 e. The molecular weight excluding hydrogens is 344 g/mol. The van der Waals surface area contributed by atoms with E-state index in [-0.39, 0.29) is 28.1 Å². The van der Waals surface area contributed by atoms with Crippen LogP contribution in [0.15, 0.2) is 58.1 Å². The van der Waals surface area contributed by atoms with Crippen LogP contribution in [0.1, 0.15) is 17.3 Å². The molecule has 128 valence electrons. The molecule has 0 saturated carbocycles. The summed E-state index contributed by atoms with van der Waals surface area (Å²) in [7, 11) is -3.31. The quantitative estimate of drug-likeness (QED) is 0.743. The fourth-order valence-electron chi connectivity index (χ4n) is 2.03. The van der Waals surface area contributed by atoms with Crippen LogP contribution >= 0.6 is 0 Å². The molecule has 0 spiro atoms. The van der Waals surface area contributed by atoms with Crippen molar-refractivity contribution < 1.29 is 17.6 Å². The van der Waals surface area contributed by atoms with Gasteiger partial charge in [-0.05, 0) is 36.4 Å². The Morgan fingerprint density at radius 1 is 1.16 bits per heavy atom. The number of nitrogens with zero attached hydrogens (tertiary/aromatic N) is 3. The summed E-state index contributed by atoms with van der Waals surface area (Å²) in [5, 5.41) is 10.1. The topological polar surface area (TPSA) is 115 Å². The molecule has 0 aliphatic carbocycles. The lowest BCUT2D eigenvalue weighted by Gasteiger charge is -2.03. The molecule has 8 nitrogen and oxygen atoms in total. The first-order valence-electron chi connectivity index (χ1n) is 7.37. The van der Waals surface area contributed by atoms with Crippen molar-refractivity contribution in [1.29, 1.82) is 0 Å². The molecule has 9 heteroatoms. The van der Waals surface area contributed by atoms with Crippen LogP contribution in [-0.4, -0.2) is 35.3 Å². The van der Waals surface area contributed by atoms with Gasteiger partial charge in [0.15, 0.2) is 9.84 Å². The third kappa shape index (κ3) is 3.72. The summed E-state index contributed by atoms with van der Waals surface area (Å²) in [5.41, 5.74) is 0.904. The van der Waals surface area contributed by atoms with Gasteiger partial charge in [0, 0.05) is 18.0 Å². The minimum absolute atomic E-state index is 0.00233. The molecule has 3 aromatic rings. The Bertz CT molecular complexity index is 982. The Labute approximate surface area is 143 Å². The van der Waals surface area contributed by atoms with E-state index in [1.165, 1.54) is 24.3 Å². The highest BCUT2D eigenvalue weighted by atomic mass is 32.2. The number of anilines is 1. The van der Waals surface area contributed by atoms with Gasteiger partial charge < -0.3 is 4.42 Å².